The zero-order chi connectivity index (χ0) is 28.1. The average molecular weight is 553 g/mol. The summed E-state index contributed by atoms with van der Waals surface area (Å²) in [7, 11) is 1.89. The predicted octanol–water partition coefficient (Wildman–Crippen LogP) is 3.46. The predicted molar refractivity (Wildman–Crippen MR) is 153 cm³/mol. The van der Waals surface area contributed by atoms with E-state index < -0.39 is 6.29 Å². The standard InChI is InChI=1S/C31H44N4O5/c1-23-29(31(38)35(32(23)2)26-11-5-3-6-12-26)24-21-27(40-28(22-24)39-20-10-9-19-36)30(37)34-17-13-25(14-18-34)33-15-7-4-8-16-33/h3,5-6,11-12,21,24-25,28,36H,4,7-10,13-20,22H2,1-2H3/t24-,28+/m1/s1. The highest BCUT2D eigenvalue weighted by atomic mass is 16.7. The first-order chi connectivity index (χ1) is 19.5. The largest absolute Gasteiger partial charge is 0.459 e. The van der Waals surface area contributed by atoms with Gasteiger partial charge in [0.15, 0.2) is 5.76 Å². The highest BCUT2D eigenvalue weighted by Crippen LogP contribution is 2.33. The molecule has 1 aromatic heterocycles. The smallest absolute Gasteiger partial charge is 0.288 e. The number of rotatable bonds is 9. The van der Waals surface area contributed by atoms with Gasteiger partial charge in [0.05, 0.1) is 12.3 Å². The topological polar surface area (TPSA) is 89.2 Å². The summed E-state index contributed by atoms with van der Waals surface area (Å²) in [5.41, 5.74) is 2.21. The number of hydrogen-bond donors (Lipinski definition) is 1. The first kappa shape index (κ1) is 28.6. The van der Waals surface area contributed by atoms with Gasteiger partial charge in [-0.05, 0) is 76.7 Å². The molecule has 1 amide bonds. The van der Waals surface area contributed by atoms with Crippen molar-refractivity contribution in [2.75, 3.05) is 39.4 Å². The molecule has 0 bridgehead atoms. The molecule has 40 heavy (non-hydrogen) atoms. The Hall–Kier alpha value is -2.88. The van der Waals surface area contributed by atoms with Gasteiger partial charge in [-0.25, -0.2) is 4.68 Å². The summed E-state index contributed by atoms with van der Waals surface area (Å²) in [6, 6.07) is 10.1. The minimum absolute atomic E-state index is 0.0949. The Morgan fingerprint density at radius 1 is 1.05 bits per heavy atom. The van der Waals surface area contributed by atoms with Crippen LogP contribution in [-0.2, 0) is 21.3 Å². The van der Waals surface area contributed by atoms with Crippen LogP contribution in [0.15, 0.2) is 47.0 Å². The zero-order valence-electron chi connectivity index (χ0n) is 24.0. The molecule has 0 unspecified atom stereocenters. The Balaban J connectivity index is 1.37. The number of unbranched alkanes of at least 4 members (excludes halogenated alkanes) is 1. The van der Waals surface area contributed by atoms with Crippen LogP contribution in [-0.4, -0.2) is 81.9 Å². The van der Waals surface area contributed by atoms with E-state index in [1.165, 1.54) is 32.4 Å². The molecule has 2 fully saturated rings. The molecule has 218 valence electrons. The van der Waals surface area contributed by atoms with Crippen LogP contribution in [0, 0.1) is 6.92 Å². The molecule has 2 saturated heterocycles. The van der Waals surface area contributed by atoms with Gasteiger partial charge in [0, 0.05) is 56.4 Å². The van der Waals surface area contributed by atoms with Crippen LogP contribution in [0.1, 0.15) is 68.5 Å². The van der Waals surface area contributed by atoms with Crippen molar-refractivity contribution in [3.8, 4) is 5.69 Å². The number of ether oxygens (including phenoxy) is 2. The average Bonchev–Trinajstić information content (AvgIpc) is 3.22. The molecule has 1 aromatic carbocycles. The van der Waals surface area contributed by atoms with E-state index in [0.717, 1.165) is 24.2 Å². The van der Waals surface area contributed by atoms with Crippen molar-refractivity contribution in [2.45, 2.75) is 76.5 Å². The number of piperidine rings is 2. The molecule has 0 spiro atoms. The monoisotopic (exact) mass is 552 g/mol. The van der Waals surface area contributed by atoms with E-state index in [-0.39, 0.29) is 29.8 Å². The van der Waals surface area contributed by atoms with Crippen LogP contribution in [0.5, 0.6) is 0 Å². The maximum Gasteiger partial charge on any atom is 0.288 e. The summed E-state index contributed by atoms with van der Waals surface area (Å²) in [5.74, 6) is -0.165. The molecule has 0 saturated carbocycles. The van der Waals surface area contributed by atoms with E-state index in [4.69, 9.17) is 14.6 Å². The summed E-state index contributed by atoms with van der Waals surface area (Å²) in [6.45, 7) is 6.22. The van der Waals surface area contributed by atoms with Crippen LogP contribution in [0.3, 0.4) is 0 Å². The molecule has 1 N–H and O–H groups in total. The molecule has 0 aliphatic carbocycles. The Bertz CT molecular complexity index is 1220. The minimum atomic E-state index is -0.636. The lowest BCUT2D eigenvalue weighted by atomic mass is 9.92. The second kappa shape index (κ2) is 13.2. The third kappa shape index (κ3) is 6.21. The minimum Gasteiger partial charge on any atom is -0.459 e. The van der Waals surface area contributed by atoms with Crippen LogP contribution in [0.4, 0.5) is 0 Å². The number of benzene rings is 1. The third-order valence-electron chi connectivity index (χ3n) is 8.75. The number of allylic oxidation sites excluding steroid dienone is 1. The summed E-state index contributed by atoms with van der Waals surface area (Å²) < 4.78 is 15.7. The number of nitrogens with zero attached hydrogens (tertiary/aromatic N) is 4. The van der Waals surface area contributed by atoms with Crippen molar-refractivity contribution in [1.82, 2.24) is 19.2 Å². The van der Waals surface area contributed by atoms with Gasteiger partial charge in [0.1, 0.15) is 0 Å². The molecule has 9 heteroatoms. The summed E-state index contributed by atoms with van der Waals surface area (Å²) in [4.78, 5) is 32.0. The van der Waals surface area contributed by atoms with Crippen molar-refractivity contribution in [3.05, 3.63) is 63.8 Å². The van der Waals surface area contributed by atoms with E-state index in [2.05, 4.69) is 4.90 Å². The maximum atomic E-state index is 13.8. The number of carbonyl (C=O) groups is 1. The van der Waals surface area contributed by atoms with Crippen molar-refractivity contribution >= 4 is 5.91 Å². The van der Waals surface area contributed by atoms with Crippen molar-refractivity contribution in [3.63, 3.8) is 0 Å². The Kier molecular flexibility index (Phi) is 9.44. The van der Waals surface area contributed by atoms with Gasteiger partial charge < -0.3 is 24.4 Å². The van der Waals surface area contributed by atoms with Crippen LogP contribution < -0.4 is 5.56 Å². The zero-order valence-corrected chi connectivity index (χ0v) is 24.0. The fraction of sp³-hybridized carbons (Fsp3) is 0.613. The Labute approximate surface area is 236 Å². The van der Waals surface area contributed by atoms with Gasteiger partial charge in [-0.2, -0.15) is 0 Å². The second-order valence-corrected chi connectivity index (χ2v) is 11.3. The number of aliphatic hydroxyl groups is 1. The van der Waals surface area contributed by atoms with E-state index in [9.17, 15) is 9.59 Å². The lowest BCUT2D eigenvalue weighted by Gasteiger charge is -2.40. The highest BCUT2D eigenvalue weighted by molar-refractivity contribution is 5.92. The van der Waals surface area contributed by atoms with Gasteiger partial charge >= 0.3 is 0 Å². The molecule has 4 heterocycles. The molecule has 2 atom stereocenters. The van der Waals surface area contributed by atoms with Crippen molar-refractivity contribution in [2.24, 2.45) is 7.05 Å². The van der Waals surface area contributed by atoms with Crippen LogP contribution >= 0.6 is 0 Å². The Morgan fingerprint density at radius 3 is 2.48 bits per heavy atom. The number of aromatic nitrogens is 2. The quantitative estimate of drug-likeness (QED) is 0.480. The number of carbonyl (C=O) groups excluding carboxylic acids is 1. The molecular weight excluding hydrogens is 508 g/mol. The van der Waals surface area contributed by atoms with Gasteiger partial charge in [-0.1, -0.05) is 24.6 Å². The summed E-state index contributed by atoms with van der Waals surface area (Å²) in [6.07, 6.45) is 8.80. The number of para-hydroxylation sites is 1. The van der Waals surface area contributed by atoms with Crippen LogP contribution in [0.25, 0.3) is 5.69 Å². The molecule has 2 aromatic rings. The molecule has 5 rings (SSSR count). The second-order valence-electron chi connectivity index (χ2n) is 11.3. The van der Waals surface area contributed by atoms with Gasteiger partial charge in [0.25, 0.3) is 11.5 Å². The molecule has 9 nitrogen and oxygen atoms in total. The molecule has 3 aliphatic heterocycles. The number of hydrogen-bond acceptors (Lipinski definition) is 6. The first-order valence-electron chi connectivity index (χ1n) is 15.0. The van der Waals surface area contributed by atoms with E-state index in [1.54, 1.807) is 4.68 Å². The van der Waals surface area contributed by atoms with Crippen molar-refractivity contribution < 1.29 is 19.4 Å². The lowest BCUT2D eigenvalue weighted by Crippen LogP contribution is -2.49. The summed E-state index contributed by atoms with van der Waals surface area (Å²) in [5, 5.41) is 9.15. The lowest BCUT2D eigenvalue weighted by molar-refractivity contribution is -0.153. The number of aliphatic hydroxyl groups excluding tert-OH is 1. The summed E-state index contributed by atoms with van der Waals surface area (Å²) >= 11 is 0. The third-order valence-corrected chi connectivity index (χ3v) is 8.75. The van der Waals surface area contributed by atoms with E-state index in [1.807, 2.05) is 60.0 Å². The Morgan fingerprint density at radius 2 is 1.77 bits per heavy atom. The number of likely N-dealkylation sites (tertiary alicyclic amines) is 2. The number of amides is 1. The fourth-order valence-corrected chi connectivity index (χ4v) is 6.43. The SMILES string of the molecule is Cc1c([C@@H]2C=C(C(=O)N3CCC(N4CCCCC4)CC3)O[C@H](OCCCCO)C2)c(=O)n(-c2ccccc2)n1C. The van der Waals surface area contributed by atoms with E-state index >= 15 is 0 Å². The molecule has 3 aliphatic rings. The van der Waals surface area contributed by atoms with E-state index in [0.29, 0.717) is 50.6 Å². The van der Waals surface area contributed by atoms with Crippen LogP contribution in [0.2, 0.25) is 0 Å². The van der Waals surface area contributed by atoms with Gasteiger partial charge in [0.2, 0.25) is 6.29 Å². The first-order valence-corrected chi connectivity index (χ1v) is 15.0. The molecular formula is C31H44N4O5. The van der Waals surface area contributed by atoms with Gasteiger partial charge in [-0.15, -0.1) is 0 Å². The molecule has 0 radical (unpaired) electrons. The fourth-order valence-electron chi connectivity index (χ4n) is 6.43. The maximum absolute atomic E-state index is 13.8. The van der Waals surface area contributed by atoms with Gasteiger partial charge in [-0.3, -0.25) is 14.3 Å². The van der Waals surface area contributed by atoms with Crippen molar-refractivity contribution in [1.29, 1.82) is 0 Å². The highest BCUT2D eigenvalue weighted by Gasteiger charge is 2.36. The normalized spacial score (nSPS) is 22.7.